The number of amides is 1. The maximum atomic E-state index is 12.1. The van der Waals surface area contributed by atoms with Gasteiger partial charge < -0.3 is 15.8 Å². The van der Waals surface area contributed by atoms with Gasteiger partial charge in [0.25, 0.3) is 0 Å². The third-order valence-corrected chi connectivity index (χ3v) is 3.36. The second-order valence-electron chi connectivity index (χ2n) is 6.09. The first kappa shape index (κ1) is 16.5. The molecule has 0 fully saturated rings. The fraction of sp³-hybridized carbons (Fsp3) is 0.562. The van der Waals surface area contributed by atoms with Crippen LogP contribution in [-0.4, -0.2) is 25.6 Å². The van der Waals surface area contributed by atoms with Crippen molar-refractivity contribution in [2.75, 3.05) is 13.7 Å². The molecular formula is C16H26N2O2. The molecule has 0 aliphatic carbocycles. The van der Waals surface area contributed by atoms with Gasteiger partial charge in [0.15, 0.2) is 0 Å². The van der Waals surface area contributed by atoms with Crippen LogP contribution in [0.1, 0.15) is 32.8 Å². The Morgan fingerprint density at radius 2 is 1.90 bits per heavy atom. The Morgan fingerprint density at radius 1 is 1.30 bits per heavy atom. The molecule has 1 amide bonds. The summed E-state index contributed by atoms with van der Waals surface area (Å²) in [4.78, 5) is 12.1. The van der Waals surface area contributed by atoms with Gasteiger partial charge in [-0.05, 0) is 36.1 Å². The van der Waals surface area contributed by atoms with Crippen molar-refractivity contribution in [2.24, 2.45) is 11.1 Å². The molecule has 1 aromatic rings. The number of methoxy groups -OCH3 is 1. The number of nitrogens with two attached hydrogens (primary N) is 1. The second kappa shape index (κ2) is 7.29. The van der Waals surface area contributed by atoms with Crippen LogP contribution in [0, 0.1) is 5.41 Å². The van der Waals surface area contributed by atoms with Crippen molar-refractivity contribution in [1.82, 2.24) is 5.32 Å². The molecule has 0 bridgehead atoms. The third kappa shape index (κ3) is 5.21. The summed E-state index contributed by atoms with van der Waals surface area (Å²) in [6.07, 6.45) is 1.17. The number of benzene rings is 1. The van der Waals surface area contributed by atoms with Crippen LogP contribution in [0.3, 0.4) is 0 Å². The lowest BCUT2D eigenvalue weighted by Crippen LogP contribution is -2.45. The van der Waals surface area contributed by atoms with Gasteiger partial charge in [0.2, 0.25) is 5.91 Å². The van der Waals surface area contributed by atoms with E-state index in [0.717, 1.165) is 17.7 Å². The molecule has 1 unspecified atom stereocenters. The lowest BCUT2D eigenvalue weighted by Gasteiger charge is -2.31. The van der Waals surface area contributed by atoms with Crippen LogP contribution in [0.25, 0.3) is 0 Å². The molecule has 0 spiro atoms. The lowest BCUT2D eigenvalue weighted by molar-refractivity contribution is -0.121. The number of hydrogen-bond acceptors (Lipinski definition) is 3. The van der Waals surface area contributed by atoms with Gasteiger partial charge >= 0.3 is 0 Å². The summed E-state index contributed by atoms with van der Waals surface area (Å²) in [5.74, 6) is 0.827. The molecule has 0 aliphatic heterocycles. The van der Waals surface area contributed by atoms with Gasteiger partial charge in [-0.25, -0.2) is 0 Å². The van der Waals surface area contributed by atoms with Crippen molar-refractivity contribution in [3.05, 3.63) is 29.8 Å². The highest BCUT2D eigenvalue weighted by molar-refractivity contribution is 5.79. The zero-order chi connectivity index (χ0) is 15.2. The molecule has 0 radical (unpaired) electrons. The van der Waals surface area contributed by atoms with Gasteiger partial charge in [-0.2, -0.15) is 0 Å². The summed E-state index contributed by atoms with van der Waals surface area (Å²) >= 11 is 0. The van der Waals surface area contributed by atoms with E-state index in [2.05, 4.69) is 26.1 Å². The van der Waals surface area contributed by atoms with Gasteiger partial charge in [-0.1, -0.05) is 32.9 Å². The molecule has 0 aromatic heterocycles. The van der Waals surface area contributed by atoms with Gasteiger partial charge in [0, 0.05) is 6.04 Å². The van der Waals surface area contributed by atoms with E-state index < -0.39 is 0 Å². The van der Waals surface area contributed by atoms with Crippen molar-refractivity contribution >= 4 is 5.91 Å². The van der Waals surface area contributed by atoms with E-state index in [9.17, 15) is 4.79 Å². The van der Waals surface area contributed by atoms with Crippen LogP contribution in [0.4, 0.5) is 0 Å². The number of ether oxygens (including phenoxy) is 1. The Balaban J connectivity index is 2.60. The predicted octanol–water partition coefficient (Wildman–Crippen LogP) is 2.12. The Kier molecular flexibility index (Phi) is 6.02. The highest BCUT2D eigenvalue weighted by Crippen LogP contribution is 2.21. The molecule has 0 saturated heterocycles. The number of hydrogen-bond donors (Lipinski definition) is 2. The second-order valence-corrected chi connectivity index (χ2v) is 6.09. The fourth-order valence-electron chi connectivity index (χ4n) is 2.06. The van der Waals surface area contributed by atoms with Gasteiger partial charge in [-0.3, -0.25) is 4.79 Å². The summed E-state index contributed by atoms with van der Waals surface area (Å²) in [5.41, 5.74) is 6.61. The molecule has 0 heterocycles. The van der Waals surface area contributed by atoms with E-state index >= 15 is 0 Å². The van der Waals surface area contributed by atoms with E-state index in [1.807, 2.05) is 24.3 Å². The summed E-state index contributed by atoms with van der Waals surface area (Å²) in [7, 11) is 1.63. The SMILES string of the molecule is COc1ccc(CC(=O)NC(CCN)C(C)(C)C)cc1. The minimum Gasteiger partial charge on any atom is -0.497 e. The normalized spacial score (nSPS) is 12.8. The molecule has 0 aliphatic rings. The fourth-order valence-corrected chi connectivity index (χ4v) is 2.06. The Morgan fingerprint density at radius 3 is 2.35 bits per heavy atom. The van der Waals surface area contributed by atoms with Crippen LogP contribution < -0.4 is 15.8 Å². The Labute approximate surface area is 121 Å². The van der Waals surface area contributed by atoms with Crippen LogP contribution in [0.2, 0.25) is 0 Å². The van der Waals surface area contributed by atoms with Crippen molar-refractivity contribution in [3.8, 4) is 5.75 Å². The largest absolute Gasteiger partial charge is 0.497 e. The molecule has 20 heavy (non-hydrogen) atoms. The Bertz CT molecular complexity index is 421. The summed E-state index contributed by atoms with van der Waals surface area (Å²) in [6, 6.07) is 7.65. The monoisotopic (exact) mass is 278 g/mol. The third-order valence-electron chi connectivity index (χ3n) is 3.36. The smallest absolute Gasteiger partial charge is 0.224 e. The maximum Gasteiger partial charge on any atom is 0.224 e. The van der Waals surface area contributed by atoms with Crippen molar-refractivity contribution in [2.45, 2.75) is 39.7 Å². The molecule has 3 N–H and O–H groups in total. The summed E-state index contributed by atoms with van der Waals surface area (Å²) in [5, 5.41) is 3.08. The zero-order valence-corrected chi connectivity index (χ0v) is 12.9. The minimum absolute atomic E-state index is 0.00887. The molecular weight excluding hydrogens is 252 g/mol. The van der Waals surface area contributed by atoms with E-state index in [4.69, 9.17) is 10.5 Å². The first-order valence-corrected chi connectivity index (χ1v) is 6.99. The topological polar surface area (TPSA) is 64.3 Å². The average Bonchev–Trinajstić information content (AvgIpc) is 2.38. The minimum atomic E-state index is 0.00887. The molecule has 1 aromatic carbocycles. The van der Waals surface area contributed by atoms with Gasteiger partial charge in [0.1, 0.15) is 5.75 Å². The average molecular weight is 278 g/mol. The summed E-state index contributed by atoms with van der Waals surface area (Å²) < 4.78 is 5.10. The number of nitrogens with one attached hydrogen (secondary N) is 1. The number of carbonyl (C=O) groups is 1. The van der Waals surface area contributed by atoms with E-state index in [1.165, 1.54) is 0 Å². The first-order valence-electron chi connectivity index (χ1n) is 6.99. The van der Waals surface area contributed by atoms with Crippen molar-refractivity contribution < 1.29 is 9.53 Å². The first-order chi connectivity index (χ1) is 9.36. The Hall–Kier alpha value is -1.55. The van der Waals surface area contributed by atoms with Crippen LogP contribution in [0.5, 0.6) is 5.75 Å². The number of rotatable bonds is 6. The van der Waals surface area contributed by atoms with Gasteiger partial charge in [-0.15, -0.1) is 0 Å². The predicted molar refractivity (Wildman–Crippen MR) is 81.8 cm³/mol. The molecule has 112 valence electrons. The zero-order valence-electron chi connectivity index (χ0n) is 12.9. The lowest BCUT2D eigenvalue weighted by atomic mass is 9.84. The quantitative estimate of drug-likeness (QED) is 0.837. The molecule has 1 rings (SSSR count). The van der Waals surface area contributed by atoms with Gasteiger partial charge in [0.05, 0.1) is 13.5 Å². The molecule has 0 saturated carbocycles. The van der Waals surface area contributed by atoms with Crippen molar-refractivity contribution in [3.63, 3.8) is 0 Å². The van der Waals surface area contributed by atoms with E-state index in [-0.39, 0.29) is 17.4 Å². The van der Waals surface area contributed by atoms with Crippen LogP contribution in [0.15, 0.2) is 24.3 Å². The van der Waals surface area contributed by atoms with Crippen LogP contribution in [-0.2, 0) is 11.2 Å². The highest BCUT2D eigenvalue weighted by Gasteiger charge is 2.25. The molecule has 1 atom stereocenters. The van der Waals surface area contributed by atoms with E-state index in [1.54, 1.807) is 7.11 Å². The number of carbonyl (C=O) groups excluding carboxylic acids is 1. The molecule has 4 nitrogen and oxygen atoms in total. The maximum absolute atomic E-state index is 12.1. The standard InChI is InChI=1S/C16H26N2O2/c1-16(2,3)14(9-10-17)18-15(19)11-12-5-7-13(20-4)8-6-12/h5-8,14H,9-11,17H2,1-4H3,(H,18,19). The molecule has 4 heteroatoms. The summed E-state index contributed by atoms with van der Waals surface area (Å²) in [6.45, 7) is 6.91. The van der Waals surface area contributed by atoms with Crippen molar-refractivity contribution in [1.29, 1.82) is 0 Å². The van der Waals surface area contributed by atoms with E-state index in [0.29, 0.717) is 13.0 Å². The van der Waals surface area contributed by atoms with Crippen LogP contribution >= 0.6 is 0 Å². The highest BCUT2D eigenvalue weighted by atomic mass is 16.5.